The van der Waals surface area contributed by atoms with Gasteiger partial charge in [-0.05, 0) is 18.5 Å². The van der Waals surface area contributed by atoms with E-state index < -0.39 is 8.07 Å². The van der Waals surface area contributed by atoms with Gasteiger partial charge in [0.25, 0.3) is 0 Å². The van der Waals surface area contributed by atoms with Crippen molar-refractivity contribution in [2.45, 2.75) is 57.9 Å². The van der Waals surface area contributed by atoms with Gasteiger partial charge in [0.15, 0.2) is 11.5 Å². The van der Waals surface area contributed by atoms with Gasteiger partial charge in [-0.25, -0.2) is 19.9 Å². The number of aliphatic hydroxyl groups excluding tert-OH is 1. The summed E-state index contributed by atoms with van der Waals surface area (Å²) in [5, 5.41) is 34.1. The van der Waals surface area contributed by atoms with Crippen LogP contribution < -0.4 is 4.90 Å². The Hall–Kier alpha value is -4.17. The summed E-state index contributed by atoms with van der Waals surface area (Å²) in [5.74, 6) is 0.620. The van der Waals surface area contributed by atoms with Crippen molar-refractivity contribution in [1.82, 2.24) is 34.3 Å². The summed E-state index contributed by atoms with van der Waals surface area (Å²) in [5.41, 5.74) is 2.98. The lowest BCUT2D eigenvalue weighted by Gasteiger charge is -2.23. The maximum Gasteiger partial charge on any atom is 0.183 e. The SMILES string of the molecule is C[Si](C)(C)CCOCn1ccc2c(-c3cnn([C@@H](CC#N)[C@H]4CCN(c5ncc(CO)nc5C#N)C4)c3)ncnc21. The van der Waals surface area contributed by atoms with Gasteiger partial charge in [0.2, 0.25) is 0 Å². The highest BCUT2D eigenvalue weighted by Gasteiger charge is 2.33. The molecule has 0 bridgehead atoms. The molecule has 12 nitrogen and oxygen atoms in total. The van der Waals surface area contributed by atoms with Crippen molar-refractivity contribution in [3.63, 3.8) is 0 Å². The van der Waals surface area contributed by atoms with Gasteiger partial charge >= 0.3 is 0 Å². The maximum atomic E-state index is 9.66. The van der Waals surface area contributed by atoms with E-state index in [0.717, 1.165) is 41.4 Å². The molecule has 1 saturated heterocycles. The maximum absolute atomic E-state index is 9.66. The van der Waals surface area contributed by atoms with Crippen molar-refractivity contribution in [2.75, 3.05) is 24.6 Å². The molecular weight excluding hydrogens is 536 g/mol. The fourth-order valence-corrected chi connectivity index (χ4v) is 5.94. The van der Waals surface area contributed by atoms with Crippen LogP contribution in [0.25, 0.3) is 22.3 Å². The van der Waals surface area contributed by atoms with Gasteiger partial charge in [-0.2, -0.15) is 15.6 Å². The second-order valence-corrected chi connectivity index (χ2v) is 17.2. The number of nitrogens with zero attached hydrogens (tertiary/aromatic N) is 10. The Balaban J connectivity index is 1.33. The quantitative estimate of drug-likeness (QED) is 0.208. The molecule has 0 saturated carbocycles. The van der Waals surface area contributed by atoms with Crippen LogP contribution in [0.3, 0.4) is 0 Å². The van der Waals surface area contributed by atoms with E-state index in [1.165, 1.54) is 6.20 Å². The normalized spacial score (nSPS) is 16.1. The highest BCUT2D eigenvalue weighted by Crippen LogP contribution is 2.34. The predicted octanol–water partition coefficient (Wildman–Crippen LogP) is 3.74. The van der Waals surface area contributed by atoms with Crippen molar-refractivity contribution in [3.8, 4) is 23.4 Å². The molecule has 1 N–H and O–H groups in total. The average molecular weight is 571 g/mol. The third-order valence-electron chi connectivity index (χ3n) is 7.44. The Morgan fingerprint density at radius 3 is 2.80 bits per heavy atom. The molecule has 0 unspecified atom stereocenters. The molecule has 5 rings (SSSR count). The molecule has 1 fully saturated rings. The molecule has 212 valence electrons. The highest BCUT2D eigenvalue weighted by atomic mass is 28.3. The lowest BCUT2D eigenvalue weighted by molar-refractivity contribution is 0.0899. The van der Waals surface area contributed by atoms with Crippen LogP contribution >= 0.6 is 0 Å². The van der Waals surface area contributed by atoms with Crippen molar-refractivity contribution in [2.24, 2.45) is 5.92 Å². The number of anilines is 1. The first kappa shape index (κ1) is 28.4. The van der Waals surface area contributed by atoms with Crippen molar-refractivity contribution in [3.05, 3.63) is 48.6 Å². The molecule has 2 atom stereocenters. The van der Waals surface area contributed by atoms with Crippen LogP contribution in [-0.2, 0) is 18.1 Å². The van der Waals surface area contributed by atoms with Crippen LogP contribution in [0.2, 0.25) is 25.7 Å². The predicted molar refractivity (Wildman–Crippen MR) is 155 cm³/mol. The van der Waals surface area contributed by atoms with Gasteiger partial charge < -0.3 is 19.3 Å². The van der Waals surface area contributed by atoms with Crippen LogP contribution in [0.15, 0.2) is 37.2 Å². The fourth-order valence-electron chi connectivity index (χ4n) is 5.19. The smallest absolute Gasteiger partial charge is 0.183 e. The largest absolute Gasteiger partial charge is 0.390 e. The number of hydrogen-bond acceptors (Lipinski definition) is 10. The molecule has 5 heterocycles. The molecule has 0 amide bonds. The minimum atomic E-state index is -1.16. The number of hydrogen-bond donors (Lipinski definition) is 1. The number of fused-ring (bicyclic) bond motifs is 1. The topological polar surface area (TPSA) is 155 Å². The molecule has 1 aliphatic rings. The summed E-state index contributed by atoms with van der Waals surface area (Å²) in [7, 11) is -1.16. The van der Waals surface area contributed by atoms with Crippen LogP contribution in [-0.4, -0.2) is 67.2 Å². The fraction of sp³-hybridized carbons (Fsp3) is 0.464. The van der Waals surface area contributed by atoms with E-state index in [9.17, 15) is 15.6 Å². The van der Waals surface area contributed by atoms with E-state index in [-0.39, 0.29) is 24.3 Å². The summed E-state index contributed by atoms with van der Waals surface area (Å²) < 4.78 is 9.80. The molecule has 13 heteroatoms. The Morgan fingerprint density at radius 1 is 1.20 bits per heavy atom. The zero-order valence-electron chi connectivity index (χ0n) is 23.6. The van der Waals surface area contributed by atoms with E-state index in [1.807, 2.05) is 32.6 Å². The number of rotatable bonds is 11. The van der Waals surface area contributed by atoms with Gasteiger partial charge in [-0.1, -0.05) is 19.6 Å². The van der Waals surface area contributed by atoms with Crippen LogP contribution in [0.4, 0.5) is 5.82 Å². The monoisotopic (exact) mass is 570 g/mol. The van der Waals surface area contributed by atoms with E-state index in [1.54, 1.807) is 12.5 Å². The third kappa shape index (κ3) is 6.28. The van der Waals surface area contributed by atoms with E-state index >= 15 is 0 Å². The first-order valence-corrected chi connectivity index (χ1v) is 17.4. The summed E-state index contributed by atoms with van der Waals surface area (Å²) in [6.45, 7) is 9.20. The van der Waals surface area contributed by atoms with Crippen LogP contribution in [0.5, 0.6) is 0 Å². The van der Waals surface area contributed by atoms with Crippen LogP contribution in [0, 0.1) is 28.6 Å². The summed E-state index contributed by atoms with van der Waals surface area (Å²) in [6, 6.07) is 7.37. The minimum Gasteiger partial charge on any atom is -0.390 e. The Bertz CT molecular complexity index is 1600. The first-order valence-electron chi connectivity index (χ1n) is 13.7. The number of nitriles is 2. The van der Waals surface area contributed by atoms with Gasteiger partial charge in [-0.15, -0.1) is 0 Å². The second kappa shape index (κ2) is 12.1. The van der Waals surface area contributed by atoms with Crippen molar-refractivity contribution in [1.29, 1.82) is 10.5 Å². The second-order valence-electron chi connectivity index (χ2n) is 11.5. The summed E-state index contributed by atoms with van der Waals surface area (Å²) >= 11 is 0. The molecule has 0 aliphatic carbocycles. The number of aromatic nitrogens is 7. The highest BCUT2D eigenvalue weighted by molar-refractivity contribution is 6.76. The zero-order valence-corrected chi connectivity index (χ0v) is 24.6. The zero-order chi connectivity index (χ0) is 29.0. The Labute approximate surface area is 239 Å². The summed E-state index contributed by atoms with van der Waals surface area (Å²) in [4.78, 5) is 19.7. The van der Waals surface area contributed by atoms with Gasteiger partial charge in [0, 0.05) is 57.0 Å². The van der Waals surface area contributed by atoms with Gasteiger partial charge in [0.1, 0.15) is 24.8 Å². The number of aliphatic hydroxyl groups is 1. The summed E-state index contributed by atoms with van der Waals surface area (Å²) in [6.07, 6.45) is 9.87. The Kier molecular flexibility index (Phi) is 8.40. The first-order chi connectivity index (χ1) is 19.8. The molecule has 1 aliphatic heterocycles. The third-order valence-corrected chi connectivity index (χ3v) is 9.14. The molecule has 4 aromatic rings. The lowest BCUT2D eigenvalue weighted by Crippen LogP contribution is -2.26. The van der Waals surface area contributed by atoms with Crippen molar-refractivity contribution >= 4 is 24.9 Å². The molecule has 0 spiro atoms. The molecule has 0 aromatic carbocycles. The average Bonchev–Trinajstić information content (AvgIpc) is 3.73. The van der Waals surface area contributed by atoms with Crippen molar-refractivity contribution < 1.29 is 9.84 Å². The van der Waals surface area contributed by atoms with E-state index in [4.69, 9.17) is 4.74 Å². The molecule has 0 radical (unpaired) electrons. The molecule has 4 aromatic heterocycles. The molecule has 41 heavy (non-hydrogen) atoms. The Morgan fingerprint density at radius 2 is 2.05 bits per heavy atom. The lowest BCUT2D eigenvalue weighted by atomic mass is 9.96. The van der Waals surface area contributed by atoms with Gasteiger partial charge in [-0.3, -0.25) is 4.68 Å². The van der Waals surface area contributed by atoms with Crippen LogP contribution in [0.1, 0.15) is 30.3 Å². The van der Waals surface area contributed by atoms with E-state index in [2.05, 4.69) is 56.8 Å². The standard InChI is InChI=1S/C28H34N10O2Si/c1-41(2,3)11-10-40-19-37-9-6-23-26(32-18-33-27(23)37)21-13-34-38(16-21)25(4-7-29)20-5-8-36(15-20)28-24(12-30)35-22(17-39)14-31-28/h6,9,13-14,16,18,20,25,39H,4-5,8,10-11,15,17,19H2,1-3H3/t20-,25-/m0/s1. The minimum absolute atomic E-state index is 0.119. The van der Waals surface area contributed by atoms with E-state index in [0.29, 0.717) is 37.8 Å². The van der Waals surface area contributed by atoms with Gasteiger partial charge in [0.05, 0.1) is 48.9 Å². The number of ether oxygens (including phenoxy) is 1. The molecular formula is C28H34N10O2Si.